The zero-order valence-electron chi connectivity index (χ0n) is 9.21. The molecule has 0 heterocycles. The highest BCUT2D eigenvalue weighted by Crippen LogP contribution is 2.31. The molecule has 16 heavy (non-hydrogen) atoms. The van der Waals surface area contributed by atoms with Crippen molar-refractivity contribution in [3.05, 3.63) is 28.3 Å². The van der Waals surface area contributed by atoms with Crippen molar-refractivity contribution in [2.75, 3.05) is 32.2 Å². The molecule has 0 atom stereocenters. The predicted octanol–water partition coefficient (Wildman–Crippen LogP) is 1.03. The van der Waals surface area contributed by atoms with E-state index in [1.54, 1.807) is 18.0 Å². The molecule has 0 unspecified atom stereocenters. The molecule has 0 radical (unpaired) electrons. The number of benzene rings is 1. The van der Waals surface area contributed by atoms with Crippen LogP contribution in [0.2, 0.25) is 0 Å². The fourth-order valence-corrected chi connectivity index (χ4v) is 1.36. The molecule has 6 nitrogen and oxygen atoms in total. The molecule has 0 aliphatic rings. The van der Waals surface area contributed by atoms with Crippen molar-refractivity contribution in [1.29, 1.82) is 0 Å². The molecule has 1 aromatic rings. The Hall–Kier alpha value is -1.82. The number of hydrogen-bond acceptors (Lipinski definition) is 5. The first kappa shape index (κ1) is 12.3. The Kier molecular flexibility index (Phi) is 4.07. The van der Waals surface area contributed by atoms with Crippen molar-refractivity contribution >= 4 is 11.4 Å². The second-order valence-electron chi connectivity index (χ2n) is 3.26. The van der Waals surface area contributed by atoms with Gasteiger partial charge in [0.1, 0.15) is 11.4 Å². The minimum atomic E-state index is -0.456. The maximum Gasteiger partial charge on any atom is 0.292 e. The van der Waals surface area contributed by atoms with Gasteiger partial charge in [-0.2, -0.15) is 0 Å². The molecule has 6 heteroatoms. The van der Waals surface area contributed by atoms with Crippen molar-refractivity contribution in [3.8, 4) is 5.75 Å². The Morgan fingerprint density at radius 3 is 2.75 bits per heavy atom. The number of methoxy groups -OCH3 is 1. The SMILES string of the molecule is COc1ccc([N+](=O)[O-])c(N(C)CCO)c1. The highest BCUT2D eigenvalue weighted by atomic mass is 16.6. The van der Waals surface area contributed by atoms with Crippen LogP contribution in [0.3, 0.4) is 0 Å². The molecule has 0 amide bonds. The summed E-state index contributed by atoms with van der Waals surface area (Å²) in [6, 6.07) is 4.50. The minimum absolute atomic E-state index is 0.00301. The number of ether oxygens (including phenoxy) is 1. The third kappa shape index (κ3) is 2.60. The molecule has 0 spiro atoms. The van der Waals surface area contributed by atoms with E-state index >= 15 is 0 Å². The highest BCUT2D eigenvalue weighted by molar-refractivity contribution is 5.65. The van der Waals surface area contributed by atoms with Gasteiger partial charge < -0.3 is 14.7 Å². The van der Waals surface area contributed by atoms with Gasteiger partial charge in [0.15, 0.2) is 0 Å². The number of nitrogens with zero attached hydrogens (tertiary/aromatic N) is 2. The van der Waals surface area contributed by atoms with Crippen molar-refractivity contribution in [1.82, 2.24) is 0 Å². The number of aliphatic hydroxyl groups excluding tert-OH is 1. The van der Waals surface area contributed by atoms with Crippen LogP contribution in [-0.4, -0.2) is 37.3 Å². The van der Waals surface area contributed by atoms with Gasteiger partial charge in [0, 0.05) is 25.7 Å². The van der Waals surface area contributed by atoms with Crippen LogP contribution in [0.4, 0.5) is 11.4 Å². The first-order chi connectivity index (χ1) is 7.60. The standard InChI is InChI=1S/C10H14N2O4/c1-11(5-6-13)10-7-8(16-2)3-4-9(10)12(14)15/h3-4,7,13H,5-6H2,1-2H3. The van der Waals surface area contributed by atoms with Gasteiger partial charge in [0.2, 0.25) is 0 Å². The molecule has 1 N–H and O–H groups in total. The summed E-state index contributed by atoms with van der Waals surface area (Å²) in [4.78, 5) is 12.0. The second kappa shape index (κ2) is 5.32. The molecule has 88 valence electrons. The zero-order valence-corrected chi connectivity index (χ0v) is 9.21. The average molecular weight is 226 g/mol. The van der Waals surface area contributed by atoms with Gasteiger partial charge in [-0.3, -0.25) is 10.1 Å². The number of nitro benzene ring substituents is 1. The van der Waals surface area contributed by atoms with E-state index in [0.29, 0.717) is 18.0 Å². The van der Waals surface area contributed by atoms with Crippen molar-refractivity contribution in [2.24, 2.45) is 0 Å². The van der Waals surface area contributed by atoms with Crippen LogP contribution in [-0.2, 0) is 0 Å². The van der Waals surface area contributed by atoms with E-state index < -0.39 is 4.92 Å². The van der Waals surface area contributed by atoms with E-state index in [4.69, 9.17) is 9.84 Å². The molecule has 0 saturated carbocycles. The van der Waals surface area contributed by atoms with Crippen LogP contribution in [0.15, 0.2) is 18.2 Å². The summed E-state index contributed by atoms with van der Waals surface area (Å²) in [5, 5.41) is 19.6. The minimum Gasteiger partial charge on any atom is -0.497 e. The molecule has 0 bridgehead atoms. The van der Waals surface area contributed by atoms with E-state index in [1.165, 1.54) is 19.2 Å². The number of hydrogen-bond donors (Lipinski definition) is 1. The summed E-state index contributed by atoms with van der Waals surface area (Å²) in [7, 11) is 3.18. The second-order valence-corrected chi connectivity index (χ2v) is 3.26. The summed E-state index contributed by atoms with van der Waals surface area (Å²) >= 11 is 0. The lowest BCUT2D eigenvalue weighted by Crippen LogP contribution is -2.22. The molecule has 1 rings (SSSR count). The van der Waals surface area contributed by atoms with Crippen molar-refractivity contribution in [2.45, 2.75) is 0 Å². The topological polar surface area (TPSA) is 75.8 Å². The average Bonchev–Trinajstić information content (AvgIpc) is 2.28. The zero-order chi connectivity index (χ0) is 12.1. The summed E-state index contributed by atoms with van der Waals surface area (Å²) in [6.45, 7) is 0.263. The van der Waals surface area contributed by atoms with Gasteiger partial charge in [-0.25, -0.2) is 0 Å². The van der Waals surface area contributed by atoms with Crippen molar-refractivity contribution in [3.63, 3.8) is 0 Å². The third-order valence-corrected chi connectivity index (χ3v) is 2.23. The lowest BCUT2D eigenvalue weighted by molar-refractivity contribution is -0.384. The maximum absolute atomic E-state index is 10.8. The largest absolute Gasteiger partial charge is 0.497 e. The van der Waals surface area contributed by atoms with Crippen LogP contribution < -0.4 is 9.64 Å². The van der Waals surface area contributed by atoms with Crippen LogP contribution in [0, 0.1) is 10.1 Å². The van der Waals surface area contributed by atoms with Gasteiger partial charge >= 0.3 is 0 Å². The van der Waals surface area contributed by atoms with Crippen LogP contribution >= 0.6 is 0 Å². The number of rotatable bonds is 5. The van der Waals surface area contributed by atoms with Gasteiger partial charge in [-0.05, 0) is 6.07 Å². The number of anilines is 1. The quantitative estimate of drug-likeness (QED) is 0.599. The van der Waals surface area contributed by atoms with E-state index in [2.05, 4.69) is 0 Å². The molecule has 1 aromatic carbocycles. The predicted molar refractivity (Wildman–Crippen MR) is 60.0 cm³/mol. The first-order valence-electron chi connectivity index (χ1n) is 4.74. The van der Waals surface area contributed by atoms with Crippen LogP contribution in [0.1, 0.15) is 0 Å². The molecular weight excluding hydrogens is 212 g/mol. The number of aliphatic hydroxyl groups is 1. The Morgan fingerprint density at radius 1 is 1.56 bits per heavy atom. The molecule has 0 aliphatic heterocycles. The molecular formula is C10H14N2O4. The molecule has 0 saturated heterocycles. The van der Waals surface area contributed by atoms with E-state index in [-0.39, 0.29) is 12.3 Å². The molecule has 0 aromatic heterocycles. The third-order valence-electron chi connectivity index (χ3n) is 2.23. The van der Waals surface area contributed by atoms with E-state index in [0.717, 1.165) is 0 Å². The Morgan fingerprint density at radius 2 is 2.25 bits per heavy atom. The Labute approximate surface area is 93.2 Å². The summed E-state index contributed by atoms with van der Waals surface area (Å²) < 4.78 is 5.01. The Balaban J connectivity index is 3.14. The molecule has 0 fully saturated rings. The lowest BCUT2D eigenvalue weighted by Gasteiger charge is -2.18. The van der Waals surface area contributed by atoms with E-state index in [9.17, 15) is 10.1 Å². The van der Waals surface area contributed by atoms with Gasteiger partial charge in [0.05, 0.1) is 18.6 Å². The van der Waals surface area contributed by atoms with Gasteiger partial charge in [-0.1, -0.05) is 0 Å². The van der Waals surface area contributed by atoms with Crippen molar-refractivity contribution < 1.29 is 14.8 Å². The Bertz CT molecular complexity index is 381. The first-order valence-corrected chi connectivity index (χ1v) is 4.74. The highest BCUT2D eigenvalue weighted by Gasteiger charge is 2.17. The van der Waals surface area contributed by atoms with Gasteiger partial charge in [0.25, 0.3) is 5.69 Å². The van der Waals surface area contributed by atoms with Gasteiger partial charge in [-0.15, -0.1) is 0 Å². The summed E-state index contributed by atoms with van der Waals surface area (Å²) in [6.07, 6.45) is 0. The fraction of sp³-hybridized carbons (Fsp3) is 0.400. The van der Waals surface area contributed by atoms with Crippen LogP contribution in [0.5, 0.6) is 5.75 Å². The maximum atomic E-state index is 10.8. The monoisotopic (exact) mass is 226 g/mol. The summed E-state index contributed by atoms with van der Waals surface area (Å²) in [5.41, 5.74) is 0.426. The lowest BCUT2D eigenvalue weighted by atomic mass is 10.2. The number of likely N-dealkylation sites (N-methyl/N-ethyl adjacent to an activating group) is 1. The fourth-order valence-electron chi connectivity index (χ4n) is 1.36. The number of nitro groups is 1. The summed E-state index contributed by atoms with van der Waals surface area (Å²) in [5.74, 6) is 0.547. The van der Waals surface area contributed by atoms with Crippen LogP contribution in [0.25, 0.3) is 0 Å². The normalized spacial score (nSPS) is 9.94. The molecule has 0 aliphatic carbocycles. The van der Waals surface area contributed by atoms with E-state index in [1.807, 2.05) is 0 Å². The smallest absolute Gasteiger partial charge is 0.292 e.